The molecule has 8 N–H and O–H groups in total. The largest absolute Gasteiger partial charge is 0.480 e. The molecule has 3 rings (SSSR count). The van der Waals surface area contributed by atoms with E-state index in [2.05, 4.69) is 25.3 Å². The molecule has 1 atom stereocenters. The number of hydrogen-bond donors (Lipinski definition) is 5. The summed E-state index contributed by atoms with van der Waals surface area (Å²) in [4.78, 5) is 27.3. The van der Waals surface area contributed by atoms with Gasteiger partial charge >= 0.3 is 5.97 Å². The lowest BCUT2D eigenvalue weighted by Crippen LogP contribution is -2.20. The van der Waals surface area contributed by atoms with E-state index < -0.39 is 12.0 Å². The minimum absolute atomic E-state index is 0.0368. The van der Waals surface area contributed by atoms with E-state index in [4.69, 9.17) is 22.3 Å². The minimum atomic E-state index is -1.08. The molecule has 0 radical (unpaired) electrons. The summed E-state index contributed by atoms with van der Waals surface area (Å²) in [5.41, 5.74) is 19.5. The summed E-state index contributed by atoms with van der Waals surface area (Å²) >= 11 is 0. The van der Waals surface area contributed by atoms with Gasteiger partial charge < -0.3 is 27.6 Å². The Morgan fingerprint density at radius 3 is 2.56 bits per heavy atom. The maximum absolute atomic E-state index is 10.9. The van der Waals surface area contributed by atoms with E-state index in [1.807, 2.05) is 0 Å². The highest BCUT2D eigenvalue weighted by atomic mass is 16.4. The van der Waals surface area contributed by atoms with Crippen molar-refractivity contribution in [1.82, 2.24) is 19.9 Å². The van der Waals surface area contributed by atoms with Crippen molar-refractivity contribution in [1.29, 1.82) is 0 Å². The Morgan fingerprint density at radius 1 is 1.16 bits per heavy atom. The number of carboxylic acid groups (broad SMARTS) is 1. The Bertz CT molecular complexity index is 929. The van der Waals surface area contributed by atoms with Crippen molar-refractivity contribution in [2.45, 2.75) is 12.6 Å². The molecule has 0 spiro atoms. The molecule has 25 heavy (non-hydrogen) atoms. The topological polar surface area (TPSA) is 179 Å². The molecule has 0 aliphatic heterocycles. The predicted molar refractivity (Wildman–Crippen MR) is 92.3 cm³/mol. The fourth-order valence-electron chi connectivity index (χ4n) is 2.21. The van der Waals surface area contributed by atoms with E-state index in [1.54, 1.807) is 30.5 Å². The molecule has 10 nitrogen and oxygen atoms in total. The molecule has 0 aliphatic carbocycles. The van der Waals surface area contributed by atoms with Crippen molar-refractivity contribution in [2.24, 2.45) is 5.73 Å². The minimum Gasteiger partial charge on any atom is -0.480 e. The molecule has 0 fully saturated rings. The van der Waals surface area contributed by atoms with Crippen molar-refractivity contribution in [2.75, 3.05) is 16.8 Å². The molecule has 10 heteroatoms. The van der Waals surface area contributed by atoms with Gasteiger partial charge in [0, 0.05) is 5.69 Å². The Balaban J connectivity index is 1.73. The highest BCUT2D eigenvalue weighted by Gasteiger charge is 2.13. The second kappa shape index (κ2) is 6.53. The van der Waals surface area contributed by atoms with Crippen molar-refractivity contribution >= 4 is 34.6 Å². The normalized spacial score (nSPS) is 12.0. The lowest BCUT2D eigenvalue weighted by atomic mass is 10.1. The summed E-state index contributed by atoms with van der Waals surface area (Å²) in [7, 11) is 0. The molecule has 0 bridgehead atoms. The number of aromatic nitrogens is 4. The zero-order valence-corrected chi connectivity index (χ0v) is 13.0. The van der Waals surface area contributed by atoms with Gasteiger partial charge in [-0.05, 0) is 17.7 Å². The van der Waals surface area contributed by atoms with Gasteiger partial charge in [-0.2, -0.15) is 9.97 Å². The quantitative estimate of drug-likeness (QED) is 0.433. The van der Waals surface area contributed by atoms with E-state index in [0.717, 1.165) is 5.69 Å². The van der Waals surface area contributed by atoms with Gasteiger partial charge in [-0.1, -0.05) is 12.1 Å². The number of carbonyl (C=O) groups is 1. The average Bonchev–Trinajstić information content (AvgIpc) is 2.59. The average molecular weight is 340 g/mol. The molecule has 0 saturated carbocycles. The van der Waals surface area contributed by atoms with Gasteiger partial charge in [0.25, 0.3) is 0 Å². The number of hydrogen-bond acceptors (Lipinski definition) is 9. The smallest absolute Gasteiger partial charge is 0.325 e. The summed E-state index contributed by atoms with van der Waals surface area (Å²) in [5, 5.41) is 12.1. The molecule has 3 aromatic rings. The number of nitrogens with two attached hydrogens (primary N) is 3. The third kappa shape index (κ3) is 3.53. The first-order chi connectivity index (χ1) is 11.9. The summed E-state index contributed by atoms with van der Waals surface area (Å²) < 4.78 is 0. The van der Waals surface area contributed by atoms with Gasteiger partial charge in [-0.15, -0.1) is 0 Å². The number of nitrogens with one attached hydrogen (secondary N) is 1. The first-order valence-corrected chi connectivity index (χ1v) is 7.31. The van der Waals surface area contributed by atoms with Gasteiger partial charge in [-0.3, -0.25) is 4.79 Å². The molecule has 0 saturated heterocycles. The number of aliphatic carboxylic acids is 1. The second-order valence-electron chi connectivity index (χ2n) is 5.29. The molecule has 0 aliphatic rings. The Labute approximate surface area is 142 Å². The van der Waals surface area contributed by atoms with Gasteiger partial charge in [0.15, 0.2) is 11.5 Å². The molecule has 1 aromatic carbocycles. The number of anilines is 3. The zero-order valence-electron chi connectivity index (χ0n) is 13.0. The number of nitrogen functional groups attached to an aromatic ring is 2. The first-order valence-electron chi connectivity index (χ1n) is 7.31. The van der Waals surface area contributed by atoms with E-state index in [0.29, 0.717) is 29.0 Å². The van der Waals surface area contributed by atoms with Crippen molar-refractivity contribution < 1.29 is 9.90 Å². The molecular weight excluding hydrogens is 324 g/mol. The third-order valence-corrected chi connectivity index (χ3v) is 3.51. The maximum Gasteiger partial charge on any atom is 0.325 e. The second-order valence-corrected chi connectivity index (χ2v) is 5.29. The van der Waals surface area contributed by atoms with Crippen LogP contribution >= 0.6 is 0 Å². The molecule has 128 valence electrons. The maximum atomic E-state index is 10.9. The van der Waals surface area contributed by atoms with Gasteiger partial charge in [0.05, 0.1) is 18.4 Å². The molecule has 2 heterocycles. The third-order valence-electron chi connectivity index (χ3n) is 3.51. The standard InChI is InChI=1S/C15H16N8O2/c16-10(14(24)25)7-1-3-8(4-2-7)19-5-9-6-20-11-12(17)22-15(18)23-13(11)21-9/h1-4,6,10,19H,5,16H2,(H,24,25)(H4,17,18,21,22,23). The summed E-state index contributed by atoms with van der Waals surface area (Å²) in [5.74, 6) is -0.859. The van der Waals surface area contributed by atoms with Crippen LogP contribution in [0.4, 0.5) is 17.5 Å². The fraction of sp³-hybridized carbons (Fsp3) is 0.133. The van der Waals surface area contributed by atoms with E-state index in [1.165, 1.54) is 0 Å². The van der Waals surface area contributed by atoms with E-state index in [9.17, 15) is 4.79 Å². The summed E-state index contributed by atoms with van der Waals surface area (Å²) in [6, 6.07) is 5.75. The SMILES string of the molecule is Nc1nc(N)c2ncc(CNc3ccc(C(N)C(=O)O)cc3)nc2n1. The monoisotopic (exact) mass is 340 g/mol. The molecule has 1 unspecified atom stereocenters. The molecular formula is C15H16N8O2. The molecule has 0 amide bonds. The summed E-state index contributed by atoms with van der Waals surface area (Å²) in [6.45, 7) is 0.386. The molecule has 2 aromatic heterocycles. The van der Waals surface area contributed by atoms with Gasteiger partial charge in [-0.25, -0.2) is 9.97 Å². The van der Waals surface area contributed by atoms with Crippen LogP contribution in [-0.2, 0) is 11.3 Å². The van der Waals surface area contributed by atoms with Crippen LogP contribution in [0.3, 0.4) is 0 Å². The highest BCUT2D eigenvalue weighted by Crippen LogP contribution is 2.17. The summed E-state index contributed by atoms with van der Waals surface area (Å²) in [6.07, 6.45) is 1.57. The van der Waals surface area contributed by atoms with Crippen LogP contribution in [-0.4, -0.2) is 31.0 Å². The van der Waals surface area contributed by atoms with Crippen LogP contribution < -0.4 is 22.5 Å². The van der Waals surface area contributed by atoms with E-state index in [-0.39, 0.29) is 11.8 Å². The van der Waals surface area contributed by atoms with Crippen molar-refractivity contribution in [3.8, 4) is 0 Å². The number of fused-ring (bicyclic) bond motifs is 1. The fourth-order valence-corrected chi connectivity index (χ4v) is 2.21. The van der Waals surface area contributed by atoms with Crippen LogP contribution in [0, 0.1) is 0 Å². The van der Waals surface area contributed by atoms with Crippen LogP contribution in [0.25, 0.3) is 11.2 Å². The first kappa shape index (κ1) is 16.3. The number of nitrogens with zero attached hydrogens (tertiary/aromatic N) is 4. The van der Waals surface area contributed by atoms with Crippen molar-refractivity contribution in [3.05, 3.63) is 41.7 Å². The lowest BCUT2D eigenvalue weighted by Gasteiger charge is -2.10. The lowest BCUT2D eigenvalue weighted by molar-refractivity contribution is -0.138. The number of benzene rings is 1. The van der Waals surface area contributed by atoms with Crippen molar-refractivity contribution in [3.63, 3.8) is 0 Å². The number of carboxylic acids is 1. The van der Waals surface area contributed by atoms with Crippen LogP contribution in [0.1, 0.15) is 17.3 Å². The number of rotatable bonds is 5. The van der Waals surface area contributed by atoms with Crippen LogP contribution in [0.5, 0.6) is 0 Å². The van der Waals surface area contributed by atoms with E-state index >= 15 is 0 Å². The van der Waals surface area contributed by atoms with Crippen LogP contribution in [0.2, 0.25) is 0 Å². The Hall–Kier alpha value is -3.53. The zero-order chi connectivity index (χ0) is 18.0. The van der Waals surface area contributed by atoms with Gasteiger partial charge in [0.1, 0.15) is 11.6 Å². The van der Waals surface area contributed by atoms with Crippen LogP contribution in [0.15, 0.2) is 30.5 Å². The Morgan fingerprint density at radius 2 is 1.88 bits per heavy atom. The van der Waals surface area contributed by atoms with Gasteiger partial charge in [0.2, 0.25) is 5.95 Å². The highest BCUT2D eigenvalue weighted by molar-refractivity contribution is 5.81. The predicted octanol–water partition coefficient (Wildman–Crippen LogP) is 0.281. The Kier molecular flexibility index (Phi) is 4.27.